The normalized spacial score (nSPS) is 10.8. The fraction of sp³-hybridized carbons (Fsp3) is 0.0625. The zero-order valence-corrected chi connectivity index (χ0v) is 12.4. The van der Waals surface area contributed by atoms with Crippen molar-refractivity contribution >= 4 is 16.8 Å². The first-order chi connectivity index (χ1) is 9.43. The van der Waals surface area contributed by atoms with Gasteiger partial charge in [0, 0.05) is 0 Å². The van der Waals surface area contributed by atoms with Gasteiger partial charge in [0.05, 0.1) is 12.7 Å². The molecule has 20 heavy (non-hydrogen) atoms. The van der Waals surface area contributed by atoms with Crippen LogP contribution >= 0.6 is 0 Å². The maximum absolute atomic E-state index is 3.32. The third-order valence-corrected chi connectivity index (χ3v) is 3.54. The minimum atomic E-state index is 0. The predicted molar refractivity (Wildman–Crippen MR) is 75.0 cm³/mol. The summed E-state index contributed by atoms with van der Waals surface area (Å²) < 4.78 is 4.50. The molecule has 2 heterocycles. The van der Waals surface area contributed by atoms with Gasteiger partial charge in [-0.25, -0.2) is 9.55 Å². The van der Waals surface area contributed by atoms with Crippen LogP contribution in [-0.4, -0.2) is 9.38 Å². The predicted octanol–water partition coefficient (Wildman–Crippen LogP) is -0.240. The number of halogens is 1. The minimum absolute atomic E-state index is 0. The molecule has 1 N–H and O–H groups in total. The molecule has 0 amide bonds. The highest BCUT2D eigenvalue weighted by atomic mass is 79.9. The lowest BCUT2D eigenvalue weighted by Crippen LogP contribution is -3.00. The number of hydrogen-bond acceptors (Lipinski definition) is 0. The lowest BCUT2D eigenvalue weighted by molar-refractivity contribution is -0.638. The molecule has 0 unspecified atom stereocenters. The van der Waals surface area contributed by atoms with E-state index in [0.29, 0.717) is 0 Å². The van der Waals surface area contributed by atoms with E-state index >= 15 is 0 Å². The van der Waals surface area contributed by atoms with Gasteiger partial charge in [0.15, 0.2) is 0 Å². The largest absolute Gasteiger partial charge is 1.00 e. The summed E-state index contributed by atoms with van der Waals surface area (Å²) in [5.41, 5.74) is 3.79. The van der Waals surface area contributed by atoms with Crippen molar-refractivity contribution in [1.29, 1.82) is 0 Å². The molecule has 3 nitrogen and oxygen atoms in total. The van der Waals surface area contributed by atoms with Crippen molar-refractivity contribution < 1.29 is 21.5 Å². The second-order valence-electron chi connectivity index (χ2n) is 4.71. The van der Waals surface area contributed by atoms with Crippen LogP contribution < -0.4 is 21.5 Å². The first kappa shape index (κ1) is 12.9. The highest BCUT2D eigenvalue weighted by Gasteiger charge is 2.17. The summed E-state index contributed by atoms with van der Waals surface area (Å²) in [5.74, 6) is 1.12. The molecule has 4 aromatic rings. The fourth-order valence-electron chi connectivity index (χ4n) is 2.67. The number of benzene rings is 2. The van der Waals surface area contributed by atoms with Crippen LogP contribution in [0.5, 0.6) is 0 Å². The van der Waals surface area contributed by atoms with E-state index in [-0.39, 0.29) is 17.0 Å². The first-order valence-electron chi connectivity index (χ1n) is 6.43. The van der Waals surface area contributed by atoms with Crippen LogP contribution in [0.15, 0.2) is 67.0 Å². The van der Waals surface area contributed by atoms with Crippen molar-refractivity contribution in [3.8, 4) is 0 Å². The van der Waals surface area contributed by atoms with Crippen molar-refractivity contribution in [1.82, 2.24) is 9.38 Å². The topological polar surface area (TPSA) is 24.1 Å². The summed E-state index contributed by atoms with van der Waals surface area (Å²) in [7, 11) is 0. The highest BCUT2D eigenvalue weighted by Crippen LogP contribution is 2.14. The smallest absolute Gasteiger partial charge is 0.367 e. The maximum atomic E-state index is 3.32. The molecule has 4 heteroatoms. The SMILES string of the molecule is [Br-].c1ccc(C[n+]2c3ccccc3n3cc[nH]c32)cc1. The van der Waals surface area contributed by atoms with E-state index in [0.717, 1.165) is 12.3 Å². The number of aromatic nitrogens is 3. The third-order valence-electron chi connectivity index (χ3n) is 3.54. The van der Waals surface area contributed by atoms with Crippen LogP contribution in [0.25, 0.3) is 16.8 Å². The summed E-state index contributed by atoms with van der Waals surface area (Å²) in [5, 5.41) is 0. The average molecular weight is 328 g/mol. The standard InChI is InChI=1S/C16H13N3.BrH/c1-2-6-13(7-3-1)12-19-15-9-5-4-8-14(15)18-11-10-17-16(18)19;/h1-11H,12H2;1H. The van der Waals surface area contributed by atoms with Gasteiger partial charge in [-0.05, 0) is 17.7 Å². The third kappa shape index (κ3) is 1.93. The maximum Gasteiger partial charge on any atom is 0.367 e. The molecule has 2 aromatic heterocycles. The second kappa shape index (κ2) is 5.13. The van der Waals surface area contributed by atoms with Crippen molar-refractivity contribution in [2.45, 2.75) is 6.54 Å². The number of hydrogen-bond donors (Lipinski definition) is 1. The number of imidazole rings is 2. The summed E-state index contributed by atoms with van der Waals surface area (Å²) in [6.07, 6.45) is 4.04. The summed E-state index contributed by atoms with van der Waals surface area (Å²) in [6, 6.07) is 19.0. The van der Waals surface area contributed by atoms with E-state index < -0.39 is 0 Å². The number of aromatic amines is 1. The van der Waals surface area contributed by atoms with Crippen LogP contribution in [0.2, 0.25) is 0 Å². The number of fused-ring (bicyclic) bond motifs is 3. The van der Waals surface area contributed by atoms with Crippen molar-refractivity contribution in [2.24, 2.45) is 0 Å². The average Bonchev–Trinajstić information content (AvgIpc) is 3.04. The lowest BCUT2D eigenvalue weighted by Gasteiger charge is -2.00. The second-order valence-corrected chi connectivity index (χ2v) is 4.71. The zero-order valence-electron chi connectivity index (χ0n) is 10.8. The number of para-hydroxylation sites is 2. The van der Waals surface area contributed by atoms with Crippen LogP contribution in [0.3, 0.4) is 0 Å². The van der Waals surface area contributed by atoms with E-state index in [9.17, 15) is 0 Å². The molecule has 0 bridgehead atoms. The van der Waals surface area contributed by atoms with Gasteiger partial charge in [-0.15, -0.1) is 0 Å². The van der Waals surface area contributed by atoms with E-state index in [2.05, 4.69) is 74.7 Å². The Morgan fingerprint density at radius 1 is 0.950 bits per heavy atom. The van der Waals surface area contributed by atoms with Crippen LogP contribution in [0, 0.1) is 0 Å². The highest BCUT2D eigenvalue weighted by molar-refractivity contribution is 5.74. The lowest BCUT2D eigenvalue weighted by atomic mass is 10.2. The van der Waals surface area contributed by atoms with Gasteiger partial charge in [-0.2, -0.15) is 4.40 Å². The molecule has 0 saturated heterocycles. The van der Waals surface area contributed by atoms with E-state index in [1.54, 1.807) is 0 Å². The van der Waals surface area contributed by atoms with E-state index in [4.69, 9.17) is 0 Å². The molecule has 4 rings (SSSR count). The summed E-state index contributed by atoms with van der Waals surface area (Å²) in [4.78, 5) is 3.32. The van der Waals surface area contributed by atoms with Crippen LogP contribution in [0.1, 0.15) is 5.56 Å². The van der Waals surface area contributed by atoms with E-state index in [1.165, 1.54) is 16.6 Å². The molecular formula is C16H14BrN3. The summed E-state index contributed by atoms with van der Waals surface area (Å²) >= 11 is 0. The molecule has 0 aliphatic carbocycles. The van der Waals surface area contributed by atoms with Gasteiger partial charge in [-0.3, -0.25) is 0 Å². The van der Waals surface area contributed by atoms with Crippen molar-refractivity contribution in [3.05, 3.63) is 72.6 Å². The molecule has 0 spiro atoms. The van der Waals surface area contributed by atoms with Gasteiger partial charge < -0.3 is 17.0 Å². The quantitative estimate of drug-likeness (QED) is 0.491. The van der Waals surface area contributed by atoms with E-state index in [1.807, 2.05) is 6.20 Å². The Kier molecular flexibility index (Phi) is 3.32. The van der Waals surface area contributed by atoms with Crippen LogP contribution in [-0.2, 0) is 6.54 Å². The fourth-order valence-corrected chi connectivity index (χ4v) is 2.67. The monoisotopic (exact) mass is 327 g/mol. The van der Waals surface area contributed by atoms with Gasteiger partial charge in [0.1, 0.15) is 17.2 Å². The molecule has 0 aliphatic heterocycles. The number of nitrogens with zero attached hydrogens (tertiary/aromatic N) is 2. The van der Waals surface area contributed by atoms with Gasteiger partial charge >= 0.3 is 5.78 Å². The minimum Gasteiger partial charge on any atom is -1.00 e. The number of nitrogens with one attached hydrogen (secondary N) is 1. The molecule has 2 aromatic carbocycles. The number of H-pyrrole nitrogens is 1. The Morgan fingerprint density at radius 3 is 2.55 bits per heavy atom. The first-order valence-corrected chi connectivity index (χ1v) is 6.43. The Balaban J connectivity index is 0.00000121. The zero-order chi connectivity index (χ0) is 12.7. The van der Waals surface area contributed by atoms with Gasteiger partial charge in [0.25, 0.3) is 0 Å². The molecule has 0 fully saturated rings. The van der Waals surface area contributed by atoms with Gasteiger partial charge in [0.2, 0.25) is 0 Å². The van der Waals surface area contributed by atoms with Crippen molar-refractivity contribution in [2.75, 3.05) is 0 Å². The molecule has 0 aliphatic rings. The number of rotatable bonds is 2. The van der Waals surface area contributed by atoms with Gasteiger partial charge in [-0.1, -0.05) is 42.5 Å². The molecule has 0 atom stereocenters. The van der Waals surface area contributed by atoms with Crippen LogP contribution in [0.4, 0.5) is 0 Å². The molecule has 100 valence electrons. The Morgan fingerprint density at radius 2 is 1.70 bits per heavy atom. The molecular weight excluding hydrogens is 314 g/mol. The summed E-state index contributed by atoms with van der Waals surface area (Å²) in [6.45, 7) is 0.873. The Hall–Kier alpha value is -2.07. The molecule has 0 saturated carbocycles. The Bertz CT molecular complexity index is 846. The Labute approximate surface area is 127 Å². The van der Waals surface area contributed by atoms with Crippen molar-refractivity contribution in [3.63, 3.8) is 0 Å². The molecule has 0 radical (unpaired) electrons.